The molecule has 0 spiro atoms. The van der Waals surface area contributed by atoms with Crippen LogP contribution in [0, 0.1) is 0 Å². The summed E-state index contributed by atoms with van der Waals surface area (Å²) < 4.78 is 22.8. The molecule has 1 aromatic carbocycles. The van der Waals surface area contributed by atoms with Crippen molar-refractivity contribution >= 4 is 9.84 Å². The summed E-state index contributed by atoms with van der Waals surface area (Å²) in [7, 11) is -2.91. The van der Waals surface area contributed by atoms with Crippen molar-refractivity contribution in [2.24, 2.45) is 0 Å². The highest BCUT2D eigenvalue weighted by molar-refractivity contribution is 7.90. The van der Waals surface area contributed by atoms with E-state index in [1.54, 1.807) is 0 Å². The van der Waals surface area contributed by atoms with Gasteiger partial charge in [0.1, 0.15) is 9.84 Å². The average molecular weight is 283 g/mol. The van der Waals surface area contributed by atoms with Gasteiger partial charge in [-0.2, -0.15) is 0 Å². The first-order chi connectivity index (χ1) is 9.01. The summed E-state index contributed by atoms with van der Waals surface area (Å²) in [4.78, 5) is 0. The summed E-state index contributed by atoms with van der Waals surface area (Å²) in [6.07, 6.45) is 5.27. The van der Waals surface area contributed by atoms with Crippen LogP contribution in [0.15, 0.2) is 30.3 Å². The van der Waals surface area contributed by atoms with Gasteiger partial charge in [-0.25, -0.2) is 8.42 Å². The van der Waals surface area contributed by atoms with Crippen LogP contribution in [0.2, 0.25) is 0 Å². The van der Waals surface area contributed by atoms with E-state index in [2.05, 4.69) is 24.4 Å². The number of aryl methyl sites for hydroxylation is 1. The molecule has 1 atom stereocenters. The lowest BCUT2D eigenvalue weighted by Gasteiger charge is -2.17. The zero-order chi connectivity index (χ0) is 14.1. The third-order valence-electron chi connectivity index (χ3n) is 3.05. The summed E-state index contributed by atoms with van der Waals surface area (Å²) in [5, 5.41) is 3.33. The first kappa shape index (κ1) is 16.2. The van der Waals surface area contributed by atoms with Crippen molar-refractivity contribution < 1.29 is 8.42 Å². The van der Waals surface area contributed by atoms with E-state index in [0.717, 1.165) is 32.2 Å². The summed E-state index contributed by atoms with van der Waals surface area (Å²) in [5.41, 5.74) is 1.32. The lowest BCUT2D eigenvalue weighted by molar-refractivity contribution is 0.492. The van der Waals surface area contributed by atoms with Crippen molar-refractivity contribution in [3.05, 3.63) is 35.9 Å². The number of nitrogens with one attached hydrogen (secondary N) is 1. The van der Waals surface area contributed by atoms with Gasteiger partial charge in [-0.3, -0.25) is 0 Å². The number of benzene rings is 1. The van der Waals surface area contributed by atoms with Crippen LogP contribution in [0.1, 0.15) is 31.7 Å². The molecule has 1 unspecified atom stereocenters. The molecule has 0 fully saturated rings. The summed E-state index contributed by atoms with van der Waals surface area (Å²) in [6, 6.07) is 10.4. The minimum atomic E-state index is -2.91. The molecule has 0 radical (unpaired) electrons. The summed E-state index contributed by atoms with van der Waals surface area (Å²) in [6.45, 7) is 2.97. The highest BCUT2D eigenvalue weighted by atomic mass is 32.2. The normalized spacial score (nSPS) is 13.4. The topological polar surface area (TPSA) is 46.2 Å². The molecule has 0 saturated heterocycles. The molecular formula is C15H25NO2S. The van der Waals surface area contributed by atoms with Crippen molar-refractivity contribution in [3.8, 4) is 0 Å². The second kappa shape index (κ2) is 8.33. The highest BCUT2D eigenvalue weighted by Gasteiger charge is 2.14. The maximum atomic E-state index is 11.4. The molecule has 1 aromatic rings. The third-order valence-corrected chi connectivity index (χ3v) is 4.06. The molecule has 108 valence electrons. The van der Waals surface area contributed by atoms with Crippen molar-refractivity contribution in [3.63, 3.8) is 0 Å². The lowest BCUT2D eigenvalue weighted by atomic mass is 10.1. The number of hydrogen-bond donors (Lipinski definition) is 1. The van der Waals surface area contributed by atoms with E-state index >= 15 is 0 Å². The smallest absolute Gasteiger partial charge is 0.148 e. The van der Waals surface area contributed by atoms with Crippen molar-refractivity contribution in [2.45, 2.75) is 38.6 Å². The Morgan fingerprint density at radius 1 is 1.21 bits per heavy atom. The molecule has 0 heterocycles. The lowest BCUT2D eigenvalue weighted by Crippen LogP contribution is -2.36. The first-order valence-electron chi connectivity index (χ1n) is 6.96. The molecular weight excluding hydrogens is 258 g/mol. The zero-order valence-electron chi connectivity index (χ0n) is 11.9. The molecule has 0 aliphatic carbocycles. The van der Waals surface area contributed by atoms with E-state index in [1.165, 1.54) is 11.8 Å². The van der Waals surface area contributed by atoms with Crippen LogP contribution in [0.4, 0.5) is 0 Å². The van der Waals surface area contributed by atoms with Crippen LogP contribution in [-0.2, 0) is 16.3 Å². The highest BCUT2D eigenvalue weighted by Crippen LogP contribution is 2.08. The predicted molar refractivity (Wildman–Crippen MR) is 81.2 cm³/mol. The van der Waals surface area contributed by atoms with E-state index in [4.69, 9.17) is 0 Å². The van der Waals surface area contributed by atoms with Crippen molar-refractivity contribution in [1.82, 2.24) is 5.32 Å². The van der Waals surface area contributed by atoms with Crippen LogP contribution in [0.5, 0.6) is 0 Å². The monoisotopic (exact) mass is 283 g/mol. The Labute approximate surface area is 117 Å². The fourth-order valence-electron chi connectivity index (χ4n) is 2.16. The van der Waals surface area contributed by atoms with Gasteiger partial charge in [-0.1, -0.05) is 37.3 Å². The van der Waals surface area contributed by atoms with Gasteiger partial charge in [0.25, 0.3) is 0 Å². The van der Waals surface area contributed by atoms with Gasteiger partial charge in [0.15, 0.2) is 0 Å². The van der Waals surface area contributed by atoms with Gasteiger partial charge in [0.2, 0.25) is 0 Å². The Balaban J connectivity index is 2.39. The van der Waals surface area contributed by atoms with E-state index in [0.29, 0.717) is 0 Å². The molecule has 1 rings (SSSR count). The molecule has 0 aliphatic rings. The second-order valence-electron chi connectivity index (χ2n) is 5.12. The summed E-state index contributed by atoms with van der Waals surface area (Å²) in [5.74, 6) is 0.238. The molecule has 1 N–H and O–H groups in total. The van der Waals surface area contributed by atoms with E-state index < -0.39 is 9.84 Å². The third kappa shape index (κ3) is 8.01. The molecule has 0 saturated carbocycles. The van der Waals surface area contributed by atoms with Gasteiger partial charge < -0.3 is 5.32 Å². The predicted octanol–water partition coefficient (Wildman–Crippen LogP) is 2.42. The van der Waals surface area contributed by atoms with Crippen LogP contribution in [-0.4, -0.2) is 33.0 Å². The first-order valence-corrected chi connectivity index (χ1v) is 9.02. The Morgan fingerprint density at radius 3 is 2.47 bits per heavy atom. The molecule has 3 nitrogen and oxygen atoms in total. The van der Waals surface area contributed by atoms with Gasteiger partial charge in [-0.15, -0.1) is 0 Å². The second-order valence-corrected chi connectivity index (χ2v) is 7.31. The van der Waals surface area contributed by atoms with Crippen LogP contribution in [0.25, 0.3) is 0 Å². The Hall–Kier alpha value is -0.870. The average Bonchev–Trinajstić information content (AvgIpc) is 2.35. The Bertz CT molecular complexity index is 442. The fraction of sp³-hybridized carbons (Fsp3) is 0.600. The van der Waals surface area contributed by atoms with Gasteiger partial charge >= 0.3 is 0 Å². The molecule has 0 aromatic heterocycles. The molecule has 0 amide bonds. The molecule has 0 bridgehead atoms. The number of hydrogen-bond acceptors (Lipinski definition) is 3. The number of rotatable bonds is 9. The van der Waals surface area contributed by atoms with Gasteiger partial charge in [0.05, 0.1) is 5.75 Å². The molecule has 4 heteroatoms. The zero-order valence-corrected chi connectivity index (χ0v) is 12.7. The maximum Gasteiger partial charge on any atom is 0.148 e. The number of sulfone groups is 1. The Kier molecular flexibility index (Phi) is 7.10. The standard InChI is InChI=1S/C15H25NO2S/c1-3-12-16-15(13-19(2,17)18)11-7-10-14-8-5-4-6-9-14/h4-6,8-9,15-16H,3,7,10-13H2,1-2H3. The van der Waals surface area contributed by atoms with Crippen LogP contribution in [0.3, 0.4) is 0 Å². The minimum absolute atomic E-state index is 0.0821. The largest absolute Gasteiger partial charge is 0.313 e. The molecule has 19 heavy (non-hydrogen) atoms. The van der Waals surface area contributed by atoms with Gasteiger partial charge in [-0.05, 0) is 37.8 Å². The van der Waals surface area contributed by atoms with Crippen LogP contribution >= 0.6 is 0 Å². The van der Waals surface area contributed by atoms with E-state index in [1.807, 2.05) is 18.2 Å². The fourth-order valence-corrected chi connectivity index (χ4v) is 3.17. The minimum Gasteiger partial charge on any atom is -0.313 e. The summed E-state index contributed by atoms with van der Waals surface area (Å²) >= 11 is 0. The van der Waals surface area contributed by atoms with Crippen LogP contribution < -0.4 is 5.32 Å². The van der Waals surface area contributed by atoms with Crippen molar-refractivity contribution in [2.75, 3.05) is 18.6 Å². The van der Waals surface area contributed by atoms with E-state index in [9.17, 15) is 8.42 Å². The molecule has 0 aliphatic heterocycles. The van der Waals surface area contributed by atoms with Crippen molar-refractivity contribution in [1.29, 1.82) is 0 Å². The maximum absolute atomic E-state index is 11.4. The SMILES string of the molecule is CCCNC(CCCc1ccccc1)CS(C)(=O)=O. The quantitative estimate of drug-likeness (QED) is 0.757. The van der Waals surface area contributed by atoms with E-state index in [-0.39, 0.29) is 11.8 Å². The van der Waals surface area contributed by atoms with Gasteiger partial charge in [0, 0.05) is 12.3 Å². The Morgan fingerprint density at radius 2 is 1.89 bits per heavy atom.